The quantitative estimate of drug-likeness (QED) is 0.558. The van der Waals surface area contributed by atoms with E-state index >= 15 is 0 Å². The number of carbonyl (C=O) groups is 2. The number of amides is 2. The lowest BCUT2D eigenvalue weighted by atomic mass is 10.2. The third-order valence-electron chi connectivity index (χ3n) is 4.23. The van der Waals surface area contributed by atoms with E-state index in [1.165, 1.54) is 11.8 Å². The van der Waals surface area contributed by atoms with Crippen molar-refractivity contribution >= 4 is 51.9 Å². The van der Waals surface area contributed by atoms with Crippen LogP contribution in [0.4, 0.5) is 5.69 Å². The highest BCUT2D eigenvalue weighted by Gasteiger charge is 2.13. The number of aromatic nitrogens is 2. The molecule has 6 nitrogen and oxygen atoms in total. The molecule has 1 heterocycles. The lowest BCUT2D eigenvalue weighted by Crippen LogP contribution is -2.30. The van der Waals surface area contributed by atoms with E-state index in [2.05, 4.69) is 15.3 Å². The first-order chi connectivity index (χ1) is 13.5. The van der Waals surface area contributed by atoms with E-state index in [9.17, 15) is 9.59 Å². The maximum Gasteiger partial charge on any atom is 0.253 e. The van der Waals surface area contributed by atoms with Gasteiger partial charge in [0.2, 0.25) is 5.91 Å². The standard InChI is InChI=1S/C20H21ClN4O2S/c1-3-25(4-2)19(27)13-5-8-15(9-6-13)22-18(26)12-28-20-23-16-10-7-14(21)11-17(16)24-20/h5-11H,3-4,12H2,1-2H3,(H,22,26)(H,23,24). The van der Waals surface area contributed by atoms with E-state index in [4.69, 9.17) is 11.6 Å². The molecule has 0 aliphatic rings. The summed E-state index contributed by atoms with van der Waals surface area (Å²) in [5, 5.41) is 4.12. The van der Waals surface area contributed by atoms with Crippen LogP contribution in [0.1, 0.15) is 24.2 Å². The minimum absolute atomic E-state index is 0.0107. The van der Waals surface area contributed by atoms with Crippen LogP contribution in [-0.2, 0) is 4.79 Å². The van der Waals surface area contributed by atoms with E-state index in [0.29, 0.717) is 34.5 Å². The fraction of sp³-hybridized carbons (Fsp3) is 0.250. The molecule has 0 aliphatic heterocycles. The minimum Gasteiger partial charge on any atom is -0.339 e. The molecular weight excluding hydrogens is 396 g/mol. The zero-order valence-corrected chi connectivity index (χ0v) is 17.2. The van der Waals surface area contributed by atoms with Gasteiger partial charge in [-0.1, -0.05) is 23.4 Å². The van der Waals surface area contributed by atoms with Gasteiger partial charge in [-0.3, -0.25) is 9.59 Å². The zero-order chi connectivity index (χ0) is 20.1. The summed E-state index contributed by atoms with van der Waals surface area (Å²) < 4.78 is 0. The smallest absolute Gasteiger partial charge is 0.253 e. The molecule has 0 saturated heterocycles. The van der Waals surface area contributed by atoms with E-state index in [1.807, 2.05) is 19.9 Å². The summed E-state index contributed by atoms with van der Waals surface area (Å²) >= 11 is 7.28. The second-order valence-corrected chi connectivity index (χ2v) is 7.50. The molecule has 0 unspecified atom stereocenters. The van der Waals surface area contributed by atoms with Crippen LogP contribution in [0.2, 0.25) is 5.02 Å². The number of halogens is 1. The lowest BCUT2D eigenvalue weighted by molar-refractivity contribution is -0.113. The number of rotatable bonds is 7. The topological polar surface area (TPSA) is 78.1 Å². The minimum atomic E-state index is -0.147. The molecule has 3 rings (SSSR count). The Kier molecular flexibility index (Phi) is 6.59. The predicted octanol–water partition coefficient (Wildman–Crippen LogP) is 4.43. The number of hydrogen-bond acceptors (Lipinski definition) is 4. The van der Waals surface area contributed by atoms with Crippen molar-refractivity contribution in [3.05, 3.63) is 53.1 Å². The van der Waals surface area contributed by atoms with Gasteiger partial charge in [-0.25, -0.2) is 4.98 Å². The van der Waals surface area contributed by atoms with Crippen LogP contribution < -0.4 is 5.32 Å². The Labute approximate surface area is 172 Å². The molecule has 2 N–H and O–H groups in total. The van der Waals surface area contributed by atoms with Crippen molar-refractivity contribution in [3.63, 3.8) is 0 Å². The molecule has 28 heavy (non-hydrogen) atoms. The third kappa shape index (κ3) is 4.85. The number of carbonyl (C=O) groups excluding carboxylic acids is 2. The highest BCUT2D eigenvalue weighted by atomic mass is 35.5. The number of imidazole rings is 1. The van der Waals surface area contributed by atoms with Crippen molar-refractivity contribution in [1.82, 2.24) is 14.9 Å². The van der Waals surface area contributed by atoms with Crippen molar-refractivity contribution in [2.24, 2.45) is 0 Å². The predicted molar refractivity (Wildman–Crippen MR) is 114 cm³/mol. The SMILES string of the molecule is CCN(CC)C(=O)c1ccc(NC(=O)CSc2nc3ccc(Cl)cc3[nH]2)cc1. The molecule has 0 saturated carbocycles. The average molecular weight is 417 g/mol. The monoisotopic (exact) mass is 416 g/mol. The normalized spacial score (nSPS) is 10.8. The third-order valence-corrected chi connectivity index (χ3v) is 5.34. The van der Waals surface area contributed by atoms with Gasteiger partial charge in [-0.05, 0) is 56.3 Å². The second-order valence-electron chi connectivity index (χ2n) is 6.10. The summed E-state index contributed by atoms with van der Waals surface area (Å²) in [7, 11) is 0. The van der Waals surface area contributed by atoms with Gasteiger partial charge in [0.05, 0.1) is 16.8 Å². The van der Waals surface area contributed by atoms with E-state index in [0.717, 1.165) is 11.0 Å². The first-order valence-corrected chi connectivity index (χ1v) is 10.3. The Bertz CT molecular complexity index is 984. The lowest BCUT2D eigenvalue weighted by Gasteiger charge is -2.18. The Balaban J connectivity index is 1.56. The fourth-order valence-electron chi connectivity index (χ4n) is 2.75. The number of benzene rings is 2. The highest BCUT2D eigenvalue weighted by molar-refractivity contribution is 7.99. The van der Waals surface area contributed by atoms with Crippen LogP contribution in [0.25, 0.3) is 11.0 Å². The van der Waals surface area contributed by atoms with Crippen LogP contribution in [0, 0.1) is 0 Å². The molecule has 0 radical (unpaired) electrons. The van der Waals surface area contributed by atoms with Crippen LogP contribution in [-0.4, -0.2) is 45.5 Å². The highest BCUT2D eigenvalue weighted by Crippen LogP contribution is 2.22. The van der Waals surface area contributed by atoms with Gasteiger partial charge in [0.1, 0.15) is 0 Å². The van der Waals surface area contributed by atoms with Crippen LogP contribution in [0.3, 0.4) is 0 Å². The average Bonchev–Trinajstić information content (AvgIpc) is 3.10. The summed E-state index contributed by atoms with van der Waals surface area (Å²) in [4.78, 5) is 33.8. The van der Waals surface area contributed by atoms with Crippen molar-refractivity contribution in [3.8, 4) is 0 Å². The number of anilines is 1. The first kappa shape index (κ1) is 20.2. The number of nitrogens with zero attached hydrogens (tertiary/aromatic N) is 2. The maximum atomic E-state index is 12.3. The number of H-pyrrole nitrogens is 1. The molecule has 0 spiro atoms. The number of thioether (sulfide) groups is 1. The fourth-order valence-corrected chi connectivity index (χ4v) is 3.60. The van der Waals surface area contributed by atoms with Crippen molar-refractivity contribution < 1.29 is 9.59 Å². The molecule has 0 aliphatic carbocycles. The summed E-state index contributed by atoms with van der Waals surface area (Å²) in [5.74, 6) is 0.0583. The molecule has 1 aromatic heterocycles. The Morgan fingerprint density at radius 3 is 2.54 bits per heavy atom. The van der Waals surface area contributed by atoms with Crippen LogP contribution in [0.5, 0.6) is 0 Å². The molecule has 2 aromatic carbocycles. The van der Waals surface area contributed by atoms with Gasteiger partial charge >= 0.3 is 0 Å². The molecule has 0 bridgehead atoms. The molecular formula is C20H21ClN4O2S. The second kappa shape index (κ2) is 9.12. The van der Waals surface area contributed by atoms with Crippen LogP contribution >= 0.6 is 23.4 Å². The molecule has 146 valence electrons. The first-order valence-electron chi connectivity index (χ1n) is 8.97. The van der Waals surface area contributed by atoms with E-state index in [-0.39, 0.29) is 17.6 Å². The zero-order valence-electron chi connectivity index (χ0n) is 15.7. The summed E-state index contributed by atoms with van der Waals surface area (Å²) in [6.45, 7) is 5.23. The van der Waals surface area contributed by atoms with Gasteiger partial charge in [0.15, 0.2) is 5.16 Å². The maximum absolute atomic E-state index is 12.3. The van der Waals surface area contributed by atoms with E-state index < -0.39 is 0 Å². The van der Waals surface area contributed by atoms with Crippen LogP contribution in [0.15, 0.2) is 47.6 Å². The van der Waals surface area contributed by atoms with E-state index in [1.54, 1.807) is 41.3 Å². The van der Waals surface area contributed by atoms with Crippen molar-refractivity contribution in [2.75, 3.05) is 24.2 Å². The summed E-state index contributed by atoms with van der Waals surface area (Å²) in [6, 6.07) is 12.3. The Morgan fingerprint density at radius 2 is 1.86 bits per heavy atom. The van der Waals surface area contributed by atoms with Gasteiger partial charge in [0, 0.05) is 29.4 Å². The van der Waals surface area contributed by atoms with Gasteiger partial charge in [-0.2, -0.15) is 0 Å². The molecule has 8 heteroatoms. The van der Waals surface area contributed by atoms with Crippen molar-refractivity contribution in [1.29, 1.82) is 0 Å². The van der Waals surface area contributed by atoms with Gasteiger partial charge in [0.25, 0.3) is 5.91 Å². The molecule has 0 fully saturated rings. The van der Waals surface area contributed by atoms with Gasteiger partial charge < -0.3 is 15.2 Å². The number of fused-ring (bicyclic) bond motifs is 1. The van der Waals surface area contributed by atoms with Gasteiger partial charge in [-0.15, -0.1) is 0 Å². The summed E-state index contributed by atoms with van der Waals surface area (Å²) in [5.41, 5.74) is 2.90. The number of nitrogens with one attached hydrogen (secondary N) is 2. The van der Waals surface area contributed by atoms with Crippen molar-refractivity contribution in [2.45, 2.75) is 19.0 Å². The number of aromatic amines is 1. The Hall–Kier alpha value is -2.51. The Morgan fingerprint density at radius 1 is 1.14 bits per heavy atom. The molecule has 2 amide bonds. The molecule has 0 atom stereocenters. The number of hydrogen-bond donors (Lipinski definition) is 2. The molecule has 3 aromatic rings. The summed E-state index contributed by atoms with van der Waals surface area (Å²) in [6.07, 6.45) is 0. The largest absolute Gasteiger partial charge is 0.339 e.